The molecule has 0 radical (unpaired) electrons. The van der Waals surface area contributed by atoms with Gasteiger partial charge in [-0.15, -0.1) is 0 Å². The lowest BCUT2D eigenvalue weighted by Crippen LogP contribution is -2.15. The minimum Gasteiger partial charge on any atom is -0.388 e. The molecule has 1 aromatic rings. The minimum atomic E-state index is -0.210. The second-order valence-electron chi connectivity index (χ2n) is 6.54. The number of rotatable bonds is 3. The van der Waals surface area contributed by atoms with Crippen LogP contribution in [0.3, 0.4) is 0 Å². The van der Waals surface area contributed by atoms with Gasteiger partial charge in [0, 0.05) is 23.5 Å². The van der Waals surface area contributed by atoms with Gasteiger partial charge in [-0.3, -0.25) is 0 Å². The zero-order valence-electron chi connectivity index (χ0n) is 12.2. The van der Waals surface area contributed by atoms with Crippen molar-refractivity contribution in [2.75, 3.05) is 0 Å². The molecule has 19 heavy (non-hydrogen) atoms. The van der Waals surface area contributed by atoms with Crippen molar-refractivity contribution in [2.45, 2.75) is 77.4 Å². The van der Waals surface area contributed by atoms with Crippen molar-refractivity contribution in [3.05, 3.63) is 23.0 Å². The third-order valence-corrected chi connectivity index (χ3v) is 5.19. The maximum atomic E-state index is 10.1. The van der Waals surface area contributed by atoms with E-state index in [4.69, 9.17) is 0 Å². The lowest BCUT2D eigenvalue weighted by Gasteiger charge is -2.24. The van der Waals surface area contributed by atoms with E-state index in [9.17, 15) is 5.11 Å². The van der Waals surface area contributed by atoms with Crippen LogP contribution >= 0.6 is 0 Å². The van der Waals surface area contributed by atoms with Crippen LogP contribution in [0.15, 0.2) is 6.07 Å². The van der Waals surface area contributed by atoms with Crippen LogP contribution in [0.5, 0.6) is 0 Å². The highest BCUT2D eigenvalue weighted by atomic mass is 16.3. The van der Waals surface area contributed by atoms with Gasteiger partial charge in [0.25, 0.3) is 0 Å². The summed E-state index contributed by atoms with van der Waals surface area (Å²) in [5.74, 6) is 0.944. The van der Waals surface area contributed by atoms with Crippen LogP contribution in [-0.4, -0.2) is 9.67 Å². The number of hydrogen-bond acceptors (Lipinski definition) is 1. The predicted octanol–water partition coefficient (Wildman–Crippen LogP) is 4.14. The van der Waals surface area contributed by atoms with Gasteiger partial charge >= 0.3 is 0 Å². The van der Waals surface area contributed by atoms with Crippen LogP contribution in [0.1, 0.15) is 74.4 Å². The quantitative estimate of drug-likeness (QED) is 0.869. The second kappa shape index (κ2) is 5.70. The summed E-state index contributed by atoms with van der Waals surface area (Å²) in [4.78, 5) is 0. The Bertz CT molecular complexity index is 429. The van der Waals surface area contributed by atoms with E-state index >= 15 is 0 Å². The van der Waals surface area contributed by atoms with Crippen molar-refractivity contribution < 1.29 is 5.11 Å². The fourth-order valence-corrected chi connectivity index (χ4v) is 4.04. The monoisotopic (exact) mass is 261 g/mol. The van der Waals surface area contributed by atoms with Gasteiger partial charge in [-0.05, 0) is 44.6 Å². The Kier molecular flexibility index (Phi) is 3.97. The molecule has 1 fully saturated rings. The molecule has 1 saturated carbocycles. The van der Waals surface area contributed by atoms with E-state index in [2.05, 4.69) is 17.6 Å². The molecule has 2 heteroatoms. The number of aromatic nitrogens is 1. The molecule has 2 aliphatic rings. The van der Waals surface area contributed by atoms with Crippen molar-refractivity contribution in [3.63, 3.8) is 0 Å². The maximum absolute atomic E-state index is 10.1. The summed E-state index contributed by atoms with van der Waals surface area (Å²) >= 11 is 0. The Hall–Kier alpha value is -0.760. The van der Waals surface area contributed by atoms with Crippen molar-refractivity contribution in [1.82, 2.24) is 4.57 Å². The van der Waals surface area contributed by atoms with Gasteiger partial charge in [0.1, 0.15) is 0 Å². The number of nitrogens with zero attached hydrogens (tertiary/aromatic N) is 1. The highest BCUT2D eigenvalue weighted by Gasteiger charge is 2.23. The molecule has 1 heterocycles. The number of aliphatic hydroxyl groups excluding tert-OH is 1. The van der Waals surface area contributed by atoms with Crippen LogP contribution in [0.25, 0.3) is 0 Å². The van der Waals surface area contributed by atoms with Gasteiger partial charge in [0.15, 0.2) is 0 Å². The van der Waals surface area contributed by atoms with Crippen molar-refractivity contribution >= 4 is 0 Å². The minimum absolute atomic E-state index is 0.210. The van der Waals surface area contributed by atoms with E-state index in [1.807, 2.05) is 0 Å². The first-order valence-corrected chi connectivity index (χ1v) is 8.12. The summed E-state index contributed by atoms with van der Waals surface area (Å²) in [6.45, 7) is 3.37. The molecule has 1 atom stereocenters. The molecule has 0 aromatic carbocycles. The Morgan fingerprint density at radius 1 is 1.16 bits per heavy atom. The summed E-state index contributed by atoms with van der Waals surface area (Å²) in [5.41, 5.74) is 3.99. The van der Waals surface area contributed by atoms with E-state index in [0.29, 0.717) is 0 Å². The average molecular weight is 261 g/mol. The molecule has 2 aliphatic carbocycles. The van der Waals surface area contributed by atoms with Crippen LogP contribution in [0.2, 0.25) is 0 Å². The summed E-state index contributed by atoms with van der Waals surface area (Å²) in [6, 6.07) is 2.22. The smallest absolute Gasteiger partial charge is 0.0807 e. The van der Waals surface area contributed by atoms with E-state index in [1.165, 1.54) is 62.0 Å². The van der Waals surface area contributed by atoms with Crippen molar-refractivity contribution in [3.8, 4) is 0 Å². The fraction of sp³-hybridized carbons (Fsp3) is 0.765. The Morgan fingerprint density at radius 3 is 2.74 bits per heavy atom. The topological polar surface area (TPSA) is 25.2 Å². The maximum Gasteiger partial charge on any atom is 0.0807 e. The molecule has 1 unspecified atom stereocenters. The highest BCUT2D eigenvalue weighted by molar-refractivity contribution is 5.31. The summed E-state index contributed by atoms with van der Waals surface area (Å²) in [5, 5.41) is 10.1. The zero-order valence-corrected chi connectivity index (χ0v) is 12.2. The van der Waals surface area contributed by atoms with Crippen LogP contribution in [0, 0.1) is 12.8 Å². The second-order valence-corrected chi connectivity index (χ2v) is 6.54. The normalized spacial score (nSPS) is 24.4. The van der Waals surface area contributed by atoms with Gasteiger partial charge < -0.3 is 9.67 Å². The molecule has 1 N–H and O–H groups in total. The van der Waals surface area contributed by atoms with E-state index in [0.717, 1.165) is 25.2 Å². The average Bonchev–Trinajstić information content (AvgIpc) is 2.75. The molecule has 3 rings (SSSR count). The molecular weight excluding hydrogens is 234 g/mol. The Balaban J connectivity index is 1.70. The lowest BCUT2D eigenvalue weighted by molar-refractivity contribution is 0.155. The third-order valence-electron chi connectivity index (χ3n) is 5.19. The van der Waals surface area contributed by atoms with E-state index in [-0.39, 0.29) is 6.10 Å². The summed E-state index contributed by atoms with van der Waals surface area (Å²) < 4.78 is 2.49. The molecule has 0 aliphatic heterocycles. The standard InChI is InChI=1S/C17H27NO/c1-13-12-15-16(8-5-9-17(15)19)18(13)11-10-14-6-3-2-4-7-14/h12,14,17,19H,2-11H2,1H3. The molecule has 1 aromatic heterocycles. The van der Waals surface area contributed by atoms with Crippen molar-refractivity contribution in [2.24, 2.45) is 5.92 Å². The lowest BCUT2D eigenvalue weighted by atomic mass is 9.87. The zero-order chi connectivity index (χ0) is 13.2. The summed E-state index contributed by atoms with van der Waals surface area (Å²) in [6.07, 6.45) is 11.6. The number of aliphatic hydroxyl groups is 1. The SMILES string of the molecule is Cc1cc2c(n1CCC1CCCCC1)CCCC2O. The molecule has 0 bridgehead atoms. The van der Waals surface area contributed by atoms with Crippen LogP contribution < -0.4 is 0 Å². The molecular formula is C17H27NO. The van der Waals surface area contributed by atoms with E-state index < -0.39 is 0 Å². The summed E-state index contributed by atoms with van der Waals surface area (Å²) in [7, 11) is 0. The third kappa shape index (κ3) is 2.74. The highest BCUT2D eigenvalue weighted by Crippen LogP contribution is 2.33. The number of aryl methyl sites for hydroxylation is 1. The molecule has 0 amide bonds. The largest absolute Gasteiger partial charge is 0.388 e. The van der Waals surface area contributed by atoms with E-state index in [1.54, 1.807) is 0 Å². The molecule has 0 saturated heterocycles. The number of hydrogen-bond donors (Lipinski definition) is 1. The first-order valence-electron chi connectivity index (χ1n) is 8.12. The van der Waals surface area contributed by atoms with Gasteiger partial charge in [-0.1, -0.05) is 32.1 Å². The first-order chi connectivity index (χ1) is 9.25. The number of fused-ring (bicyclic) bond motifs is 1. The van der Waals surface area contributed by atoms with Gasteiger partial charge in [0.2, 0.25) is 0 Å². The van der Waals surface area contributed by atoms with Crippen LogP contribution in [-0.2, 0) is 13.0 Å². The molecule has 0 spiro atoms. The fourth-order valence-electron chi connectivity index (χ4n) is 4.04. The first kappa shape index (κ1) is 13.2. The van der Waals surface area contributed by atoms with Crippen LogP contribution in [0.4, 0.5) is 0 Å². The molecule has 2 nitrogen and oxygen atoms in total. The van der Waals surface area contributed by atoms with Gasteiger partial charge in [-0.2, -0.15) is 0 Å². The van der Waals surface area contributed by atoms with Gasteiger partial charge in [-0.25, -0.2) is 0 Å². The Morgan fingerprint density at radius 2 is 1.95 bits per heavy atom. The van der Waals surface area contributed by atoms with Crippen molar-refractivity contribution in [1.29, 1.82) is 0 Å². The Labute approximate surface area is 116 Å². The predicted molar refractivity (Wildman–Crippen MR) is 78.3 cm³/mol. The van der Waals surface area contributed by atoms with Gasteiger partial charge in [0.05, 0.1) is 6.10 Å². The molecule has 106 valence electrons.